The first-order valence-electron chi connectivity index (χ1n) is 7.70. The van der Waals surface area contributed by atoms with Crippen molar-refractivity contribution in [3.63, 3.8) is 0 Å². The van der Waals surface area contributed by atoms with E-state index in [-0.39, 0.29) is 16.0 Å². The van der Waals surface area contributed by atoms with Crippen molar-refractivity contribution in [3.8, 4) is 0 Å². The molecule has 0 saturated carbocycles. The van der Waals surface area contributed by atoms with Gasteiger partial charge in [-0.15, -0.1) is 0 Å². The van der Waals surface area contributed by atoms with E-state index >= 15 is 0 Å². The number of nitrogens with one attached hydrogen (secondary N) is 2. The van der Waals surface area contributed by atoms with Crippen LogP contribution in [-0.2, 0) is 16.4 Å². The lowest BCUT2D eigenvalue weighted by Crippen LogP contribution is -2.15. The molecule has 0 atom stereocenters. The van der Waals surface area contributed by atoms with Crippen LogP contribution in [0.5, 0.6) is 0 Å². The van der Waals surface area contributed by atoms with Crippen molar-refractivity contribution in [1.29, 1.82) is 0 Å². The first kappa shape index (κ1) is 17.0. The summed E-state index contributed by atoms with van der Waals surface area (Å²) < 4.78 is 28.4. The minimum Gasteiger partial charge on any atom is -0.360 e. The number of H-pyrrole nitrogens is 1. The monoisotopic (exact) mass is 359 g/mol. The Hall–Kier alpha value is -2.87. The Kier molecular flexibility index (Phi) is 4.22. The van der Waals surface area contributed by atoms with Gasteiger partial charge in [0.2, 0.25) is 0 Å². The van der Waals surface area contributed by atoms with Gasteiger partial charge in [-0.25, -0.2) is 8.42 Å². The summed E-state index contributed by atoms with van der Waals surface area (Å²) in [5.74, 6) is 0. The van der Waals surface area contributed by atoms with Gasteiger partial charge >= 0.3 is 0 Å². The molecule has 3 rings (SSSR count). The summed E-state index contributed by atoms with van der Waals surface area (Å²) in [4.78, 5) is 13.3. The van der Waals surface area contributed by atoms with Gasteiger partial charge in [-0.2, -0.15) is 0 Å². The topological polar surface area (TPSA) is 105 Å². The van der Waals surface area contributed by atoms with Gasteiger partial charge in [-0.3, -0.25) is 14.8 Å². The molecule has 0 aliphatic heterocycles. The van der Waals surface area contributed by atoms with Gasteiger partial charge < -0.3 is 4.98 Å². The lowest BCUT2D eigenvalue weighted by atomic mass is 10.1. The molecule has 0 aliphatic rings. The number of aromatic nitrogens is 1. The molecule has 7 nitrogen and oxygen atoms in total. The van der Waals surface area contributed by atoms with E-state index in [0.29, 0.717) is 17.6 Å². The number of non-ortho nitro benzene ring substituents is 1. The summed E-state index contributed by atoms with van der Waals surface area (Å²) >= 11 is 0. The molecule has 0 unspecified atom stereocenters. The Morgan fingerprint density at radius 2 is 2.00 bits per heavy atom. The van der Waals surface area contributed by atoms with Crippen LogP contribution in [0, 0.1) is 17.0 Å². The molecular formula is C17H17N3O4S. The number of benzene rings is 2. The molecule has 0 amide bonds. The SMILES string of the molecule is CCc1cccc(C)c1NS(=O)(=O)c1c[nH]c2ccc([N+](=O)[O-])cc12. The van der Waals surface area contributed by atoms with Crippen molar-refractivity contribution in [2.45, 2.75) is 25.2 Å². The second-order valence-electron chi connectivity index (χ2n) is 5.71. The highest BCUT2D eigenvalue weighted by Gasteiger charge is 2.22. The summed E-state index contributed by atoms with van der Waals surface area (Å²) in [6.07, 6.45) is 2.03. The molecule has 25 heavy (non-hydrogen) atoms. The first-order valence-corrected chi connectivity index (χ1v) is 9.18. The maximum Gasteiger partial charge on any atom is 0.270 e. The predicted molar refractivity (Wildman–Crippen MR) is 96.3 cm³/mol. The second-order valence-corrected chi connectivity index (χ2v) is 7.36. The van der Waals surface area contributed by atoms with Crippen LogP contribution < -0.4 is 4.72 Å². The van der Waals surface area contributed by atoms with Crippen LogP contribution in [0.25, 0.3) is 10.9 Å². The average molecular weight is 359 g/mol. The van der Waals surface area contributed by atoms with Gasteiger partial charge in [0.15, 0.2) is 0 Å². The van der Waals surface area contributed by atoms with Gasteiger partial charge in [0.05, 0.1) is 10.6 Å². The van der Waals surface area contributed by atoms with Crippen LogP contribution in [0.3, 0.4) is 0 Å². The number of sulfonamides is 1. The molecular weight excluding hydrogens is 342 g/mol. The van der Waals surface area contributed by atoms with Crippen molar-refractivity contribution in [1.82, 2.24) is 4.98 Å². The average Bonchev–Trinajstić information content (AvgIpc) is 3.00. The number of para-hydroxylation sites is 1. The molecule has 0 radical (unpaired) electrons. The molecule has 0 spiro atoms. The van der Waals surface area contributed by atoms with Crippen LogP contribution in [0.2, 0.25) is 0 Å². The minimum absolute atomic E-state index is 0.0171. The number of nitro benzene ring substituents is 1. The van der Waals surface area contributed by atoms with E-state index in [4.69, 9.17) is 0 Å². The molecule has 1 aromatic heterocycles. The number of fused-ring (bicyclic) bond motifs is 1. The number of nitro groups is 1. The van der Waals surface area contributed by atoms with Crippen molar-refractivity contribution in [3.05, 3.63) is 63.8 Å². The molecule has 0 bridgehead atoms. The molecule has 0 aliphatic carbocycles. The zero-order valence-corrected chi connectivity index (χ0v) is 14.6. The van der Waals surface area contributed by atoms with Gasteiger partial charge in [-0.05, 0) is 30.5 Å². The van der Waals surface area contributed by atoms with E-state index in [9.17, 15) is 18.5 Å². The zero-order chi connectivity index (χ0) is 18.2. The molecule has 2 aromatic carbocycles. The minimum atomic E-state index is -3.90. The Morgan fingerprint density at radius 3 is 2.68 bits per heavy atom. The fourth-order valence-electron chi connectivity index (χ4n) is 2.78. The van der Waals surface area contributed by atoms with Crippen LogP contribution >= 0.6 is 0 Å². The summed E-state index contributed by atoms with van der Waals surface area (Å²) in [6, 6.07) is 9.67. The van der Waals surface area contributed by atoms with Gasteiger partial charge in [0.25, 0.3) is 15.7 Å². The first-order chi connectivity index (χ1) is 11.8. The number of hydrogen-bond acceptors (Lipinski definition) is 4. The lowest BCUT2D eigenvalue weighted by molar-refractivity contribution is -0.384. The zero-order valence-electron chi connectivity index (χ0n) is 13.7. The van der Waals surface area contributed by atoms with Gasteiger partial charge in [0.1, 0.15) is 4.90 Å². The normalized spacial score (nSPS) is 11.6. The number of hydrogen-bond donors (Lipinski definition) is 2. The summed E-state index contributed by atoms with van der Waals surface area (Å²) in [7, 11) is -3.90. The smallest absolute Gasteiger partial charge is 0.270 e. The highest BCUT2D eigenvalue weighted by molar-refractivity contribution is 7.93. The third-order valence-corrected chi connectivity index (χ3v) is 5.49. The van der Waals surface area contributed by atoms with Gasteiger partial charge in [0, 0.05) is 29.2 Å². The molecule has 3 aromatic rings. The van der Waals surface area contributed by atoms with Crippen LogP contribution in [0.15, 0.2) is 47.5 Å². The molecule has 2 N–H and O–H groups in total. The number of aryl methyl sites for hydroxylation is 2. The van der Waals surface area contributed by atoms with E-state index in [1.807, 2.05) is 32.0 Å². The number of anilines is 1. The Morgan fingerprint density at radius 1 is 1.24 bits per heavy atom. The summed E-state index contributed by atoms with van der Waals surface area (Å²) in [5, 5.41) is 11.3. The third-order valence-electron chi connectivity index (χ3n) is 4.10. The van der Waals surface area contributed by atoms with Crippen molar-refractivity contribution < 1.29 is 13.3 Å². The number of rotatable bonds is 5. The van der Waals surface area contributed by atoms with Crippen molar-refractivity contribution in [2.24, 2.45) is 0 Å². The van der Waals surface area contributed by atoms with E-state index in [0.717, 1.165) is 11.1 Å². The Bertz CT molecular complexity index is 1070. The van der Waals surface area contributed by atoms with E-state index < -0.39 is 14.9 Å². The van der Waals surface area contributed by atoms with E-state index in [1.165, 1.54) is 24.4 Å². The second kappa shape index (κ2) is 6.21. The van der Waals surface area contributed by atoms with Crippen LogP contribution in [0.4, 0.5) is 11.4 Å². The predicted octanol–water partition coefficient (Wildman–Crippen LogP) is 3.75. The van der Waals surface area contributed by atoms with Crippen LogP contribution in [0.1, 0.15) is 18.1 Å². The highest BCUT2D eigenvalue weighted by atomic mass is 32.2. The molecule has 130 valence electrons. The lowest BCUT2D eigenvalue weighted by Gasteiger charge is -2.14. The van der Waals surface area contributed by atoms with Crippen molar-refractivity contribution >= 4 is 32.3 Å². The maximum absolute atomic E-state index is 12.9. The highest BCUT2D eigenvalue weighted by Crippen LogP contribution is 2.30. The largest absolute Gasteiger partial charge is 0.360 e. The van der Waals surface area contributed by atoms with Gasteiger partial charge in [-0.1, -0.05) is 25.1 Å². The molecule has 0 saturated heterocycles. The summed E-state index contributed by atoms with van der Waals surface area (Å²) in [6.45, 7) is 3.78. The number of nitrogens with zero attached hydrogens (tertiary/aromatic N) is 1. The third kappa shape index (κ3) is 3.08. The molecule has 0 fully saturated rings. The molecule has 8 heteroatoms. The quantitative estimate of drug-likeness (QED) is 0.534. The van der Waals surface area contributed by atoms with Crippen molar-refractivity contribution in [2.75, 3.05) is 4.72 Å². The fourth-order valence-corrected chi connectivity index (χ4v) is 4.12. The Balaban J connectivity index is 2.11. The molecule has 1 heterocycles. The Labute approximate surface area is 144 Å². The van der Waals surface area contributed by atoms with E-state index in [2.05, 4.69) is 9.71 Å². The van der Waals surface area contributed by atoms with Crippen LogP contribution in [-0.4, -0.2) is 18.3 Å². The number of aromatic amines is 1. The summed E-state index contributed by atoms with van der Waals surface area (Å²) in [5.41, 5.74) is 2.60. The fraction of sp³-hybridized carbons (Fsp3) is 0.176. The van der Waals surface area contributed by atoms with E-state index in [1.54, 1.807) is 0 Å². The standard InChI is InChI=1S/C17H17N3O4S/c1-3-12-6-4-5-11(2)17(12)19-25(23,24)16-10-18-15-8-7-13(20(21)22)9-14(15)16/h4-10,18-19H,3H2,1-2H3. The maximum atomic E-state index is 12.9.